The van der Waals surface area contributed by atoms with Crippen molar-refractivity contribution in [2.75, 3.05) is 28.6 Å². The second-order valence-electron chi connectivity index (χ2n) is 5.09. The molecule has 2 aromatic rings. The monoisotopic (exact) mass is 302 g/mol. The highest BCUT2D eigenvalue weighted by molar-refractivity contribution is 5.59. The molecule has 0 heterocycles. The summed E-state index contributed by atoms with van der Waals surface area (Å²) in [6, 6.07) is 13.2. The van der Waals surface area contributed by atoms with E-state index in [4.69, 9.17) is 21.7 Å². The minimum atomic E-state index is -1.30. The van der Waals surface area contributed by atoms with Crippen LogP contribution in [0.4, 0.5) is 22.7 Å². The van der Waals surface area contributed by atoms with E-state index in [9.17, 15) is 0 Å². The molecule has 0 aliphatic carbocycles. The summed E-state index contributed by atoms with van der Waals surface area (Å²) in [6.45, 7) is 1.05. The summed E-state index contributed by atoms with van der Waals surface area (Å²) in [5.41, 5.74) is 15.9. The van der Waals surface area contributed by atoms with Crippen LogP contribution < -0.4 is 22.1 Å². The van der Waals surface area contributed by atoms with Crippen LogP contribution >= 0.6 is 0 Å². The smallest absolute Gasteiger partial charge is 0.153 e. The molecule has 0 aromatic heterocycles. The number of benzene rings is 2. The summed E-state index contributed by atoms with van der Waals surface area (Å²) < 4.78 is 0. The summed E-state index contributed by atoms with van der Waals surface area (Å²) in [5.74, 6) is 0. The molecule has 6 heteroatoms. The zero-order chi connectivity index (χ0) is 15.9. The molecule has 6 nitrogen and oxygen atoms in total. The zero-order valence-corrected chi connectivity index (χ0v) is 12.3. The number of hydrogen-bond donors (Lipinski definition) is 6. The van der Waals surface area contributed by atoms with Crippen LogP contribution in [0.3, 0.4) is 0 Å². The lowest BCUT2D eigenvalue weighted by molar-refractivity contribution is -0.0423. The fraction of sp³-hybridized carbons (Fsp3) is 0.250. The molecule has 0 aliphatic heterocycles. The topological polar surface area (TPSA) is 117 Å². The predicted octanol–water partition coefficient (Wildman–Crippen LogP) is 1.58. The Kier molecular flexibility index (Phi) is 5.46. The van der Waals surface area contributed by atoms with Crippen molar-refractivity contribution in [2.24, 2.45) is 0 Å². The van der Waals surface area contributed by atoms with Crippen molar-refractivity contribution in [1.82, 2.24) is 0 Å². The predicted molar refractivity (Wildman–Crippen MR) is 90.4 cm³/mol. The van der Waals surface area contributed by atoms with E-state index < -0.39 is 6.29 Å². The fourth-order valence-corrected chi connectivity index (χ4v) is 2.06. The number of rotatable bonds is 7. The first kappa shape index (κ1) is 15.9. The van der Waals surface area contributed by atoms with Gasteiger partial charge >= 0.3 is 0 Å². The van der Waals surface area contributed by atoms with E-state index in [2.05, 4.69) is 10.6 Å². The third kappa shape index (κ3) is 4.83. The number of nitrogens with two attached hydrogens (primary N) is 2. The molecule has 0 spiro atoms. The highest BCUT2D eigenvalue weighted by Gasteiger charge is 2.03. The lowest BCUT2D eigenvalue weighted by atomic mass is 10.1. The number of nitrogens with one attached hydrogen (secondary N) is 2. The number of nitrogen functional groups attached to an aromatic ring is 2. The van der Waals surface area contributed by atoms with Crippen LogP contribution in [0, 0.1) is 0 Å². The van der Waals surface area contributed by atoms with Gasteiger partial charge in [0.1, 0.15) is 0 Å². The average molecular weight is 302 g/mol. The molecule has 2 aromatic carbocycles. The van der Waals surface area contributed by atoms with Gasteiger partial charge in [0.05, 0.1) is 0 Å². The molecule has 0 amide bonds. The molecule has 118 valence electrons. The summed E-state index contributed by atoms with van der Waals surface area (Å²) in [6.07, 6.45) is -1.03. The first-order valence-corrected chi connectivity index (χ1v) is 7.12. The second kappa shape index (κ2) is 7.53. The Morgan fingerprint density at radius 3 is 2.45 bits per heavy atom. The van der Waals surface area contributed by atoms with E-state index in [0.717, 1.165) is 16.9 Å². The minimum Gasteiger partial charge on any atom is -0.399 e. The van der Waals surface area contributed by atoms with E-state index in [1.54, 1.807) is 0 Å². The number of aliphatic hydroxyl groups excluding tert-OH is 1. The van der Waals surface area contributed by atoms with Gasteiger partial charge in [0.15, 0.2) is 6.29 Å². The Morgan fingerprint density at radius 2 is 1.73 bits per heavy atom. The summed E-state index contributed by atoms with van der Waals surface area (Å²) in [4.78, 5) is 0. The third-order valence-corrected chi connectivity index (χ3v) is 3.24. The van der Waals surface area contributed by atoms with Gasteiger partial charge in [-0.25, -0.2) is 0 Å². The first-order valence-electron chi connectivity index (χ1n) is 7.12. The summed E-state index contributed by atoms with van der Waals surface area (Å²) in [7, 11) is 0. The molecular weight excluding hydrogens is 280 g/mol. The van der Waals surface area contributed by atoms with Gasteiger partial charge in [-0.05, 0) is 42.0 Å². The van der Waals surface area contributed by atoms with Crippen molar-refractivity contribution in [1.29, 1.82) is 0 Å². The van der Waals surface area contributed by atoms with E-state index in [0.29, 0.717) is 24.5 Å². The quantitative estimate of drug-likeness (QED) is 0.341. The van der Waals surface area contributed by atoms with Gasteiger partial charge in [0, 0.05) is 42.3 Å². The van der Waals surface area contributed by atoms with Gasteiger partial charge < -0.3 is 32.3 Å². The summed E-state index contributed by atoms with van der Waals surface area (Å²) >= 11 is 0. The molecular formula is C16H22N4O2. The van der Waals surface area contributed by atoms with Crippen molar-refractivity contribution >= 4 is 22.7 Å². The lowest BCUT2D eigenvalue weighted by Gasteiger charge is -2.13. The molecule has 0 bridgehead atoms. The van der Waals surface area contributed by atoms with Gasteiger partial charge in [0.25, 0.3) is 0 Å². The Labute approximate surface area is 129 Å². The Morgan fingerprint density at radius 1 is 0.955 bits per heavy atom. The van der Waals surface area contributed by atoms with Crippen molar-refractivity contribution in [3.63, 3.8) is 0 Å². The van der Waals surface area contributed by atoms with Crippen LogP contribution in [0.5, 0.6) is 0 Å². The Balaban J connectivity index is 1.97. The van der Waals surface area contributed by atoms with Crippen LogP contribution in [0.2, 0.25) is 0 Å². The highest BCUT2D eigenvalue weighted by Crippen LogP contribution is 2.20. The van der Waals surface area contributed by atoms with Crippen molar-refractivity contribution in [2.45, 2.75) is 19.3 Å². The maximum atomic E-state index is 8.84. The van der Waals surface area contributed by atoms with E-state index in [-0.39, 0.29) is 6.42 Å². The number of anilines is 4. The largest absolute Gasteiger partial charge is 0.399 e. The molecule has 0 aliphatic rings. The lowest BCUT2D eigenvalue weighted by Crippen LogP contribution is -2.12. The van der Waals surface area contributed by atoms with Gasteiger partial charge in [-0.15, -0.1) is 0 Å². The minimum absolute atomic E-state index is 0.265. The van der Waals surface area contributed by atoms with Crippen molar-refractivity contribution in [3.8, 4) is 0 Å². The second-order valence-corrected chi connectivity index (χ2v) is 5.09. The summed E-state index contributed by atoms with van der Waals surface area (Å²) in [5, 5.41) is 24.1. The first-order chi connectivity index (χ1) is 10.5. The van der Waals surface area contributed by atoms with Crippen molar-refractivity contribution < 1.29 is 10.2 Å². The molecule has 22 heavy (non-hydrogen) atoms. The molecule has 0 unspecified atom stereocenters. The van der Waals surface area contributed by atoms with Crippen molar-refractivity contribution in [3.05, 3.63) is 48.0 Å². The van der Waals surface area contributed by atoms with Crippen LogP contribution in [0.25, 0.3) is 0 Å². The maximum Gasteiger partial charge on any atom is 0.153 e. The molecule has 0 saturated carbocycles. The van der Waals surface area contributed by atoms with Gasteiger partial charge in [-0.1, -0.05) is 6.07 Å². The van der Waals surface area contributed by atoms with E-state index >= 15 is 0 Å². The molecule has 8 N–H and O–H groups in total. The van der Waals surface area contributed by atoms with Gasteiger partial charge in [-0.3, -0.25) is 0 Å². The van der Waals surface area contributed by atoms with E-state index in [1.165, 1.54) is 0 Å². The Hall–Kier alpha value is -2.44. The Bertz CT molecular complexity index is 617. The molecule has 0 fully saturated rings. The van der Waals surface area contributed by atoms with Crippen LogP contribution in [0.1, 0.15) is 12.0 Å². The molecule has 0 saturated heterocycles. The average Bonchev–Trinajstić information content (AvgIpc) is 2.47. The zero-order valence-electron chi connectivity index (χ0n) is 12.3. The molecule has 0 radical (unpaired) electrons. The SMILES string of the molecule is Nc1cccc(NCc2cc(NCCC(O)O)ccc2N)c1. The van der Waals surface area contributed by atoms with Gasteiger partial charge in [-0.2, -0.15) is 0 Å². The molecule has 2 rings (SSSR count). The third-order valence-electron chi connectivity index (χ3n) is 3.24. The highest BCUT2D eigenvalue weighted by atomic mass is 16.5. The molecule has 0 atom stereocenters. The standard InChI is InChI=1S/C16H22N4O2/c17-12-2-1-3-13(9-12)20-10-11-8-14(4-5-15(11)18)19-7-6-16(21)22/h1-5,8-9,16,19-22H,6-7,10,17-18H2. The van der Waals surface area contributed by atoms with Crippen LogP contribution in [0.15, 0.2) is 42.5 Å². The van der Waals surface area contributed by atoms with Gasteiger partial charge in [0.2, 0.25) is 0 Å². The van der Waals surface area contributed by atoms with Crippen LogP contribution in [-0.4, -0.2) is 23.0 Å². The maximum absolute atomic E-state index is 8.84. The number of hydrogen-bond acceptors (Lipinski definition) is 6. The normalized spacial score (nSPS) is 10.7. The fourth-order valence-electron chi connectivity index (χ4n) is 2.06. The number of aliphatic hydroxyl groups is 2. The van der Waals surface area contributed by atoms with E-state index in [1.807, 2.05) is 42.5 Å². The van der Waals surface area contributed by atoms with Crippen LogP contribution in [-0.2, 0) is 6.54 Å².